The van der Waals surface area contributed by atoms with Crippen LogP contribution in [-0.2, 0) is 11.8 Å². The van der Waals surface area contributed by atoms with Crippen LogP contribution in [0.4, 0.5) is 5.82 Å². The van der Waals surface area contributed by atoms with Crippen LogP contribution in [0.25, 0.3) is 0 Å². The molecule has 1 aromatic heterocycles. The Labute approximate surface area is 111 Å². The number of carbonyl (C=O) groups is 1. The molecule has 1 aliphatic heterocycles. The molecule has 2 rings (SSSR count). The first kappa shape index (κ1) is 12.8. The average molecular weight is 267 g/mol. The Balaban J connectivity index is 2.35. The van der Waals surface area contributed by atoms with Gasteiger partial charge in [0.2, 0.25) is 5.91 Å². The van der Waals surface area contributed by atoms with Gasteiger partial charge in [-0.05, 0) is 13.3 Å². The number of aryl methyl sites for hydroxylation is 2. The van der Waals surface area contributed by atoms with Gasteiger partial charge in [0, 0.05) is 20.1 Å². The van der Waals surface area contributed by atoms with E-state index in [1.54, 1.807) is 4.68 Å². The second-order valence-corrected chi connectivity index (χ2v) is 5.05. The molecule has 1 saturated heterocycles. The van der Waals surface area contributed by atoms with Crippen molar-refractivity contribution in [1.29, 1.82) is 0 Å². The lowest BCUT2D eigenvalue weighted by atomic mass is 10.1. The topological polar surface area (TPSA) is 90.2 Å². The maximum atomic E-state index is 11.2. The maximum Gasteiger partial charge on any atom is 0.222 e. The summed E-state index contributed by atoms with van der Waals surface area (Å²) in [5.41, 5.74) is 12.7. The lowest BCUT2D eigenvalue weighted by Crippen LogP contribution is -2.29. The summed E-state index contributed by atoms with van der Waals surface area (Å²) in [6.45, 7) is 3.24. The predicted octanol–water partition coefficient (Wildman–Crippen LogP) is -0.326. The van der Waals surface area contributed by atoms with Crippen molar-refractivity contribution >= 4 is 28.9 Å². The summed E-state index contributed by atoms with van der Waals surface area (Å²) < 4.78 is 1.76. The van der Waals surface area contributed by atoms with Crippen molar-refractivity contribution in [3.05, 3.63) is 11.3 Å². The molecule has 0 bridgehead atoms. The van der Waals surface area contributed by atoms with Gasteiger partial charge in [-0.3, -0.25) is 9.48 Å². The van der Waals surface area contributed by atoms with E-state index < -0.39 is 0 Å². The molecular formula is C11H17N5OS. The monoisotopic (exact) mass is 267 g/mol. The molecule has 1 atom stereocenters. The minimum absolute atomic E-state index is 0.112. The summed E-state index contributed by atoms with van der Waals surface area (Å²) >= 11 is 5.07. The van der Waals surface area contributed by atoms with Gasteiger partial charge in [-0.2, -0.15) is 5.10 Å². The van der Waals surface area contributed by atoms with Crippen molar-refractivity contribution in [2.45, 2.75) is 13.3 Å². The first-order valence-electron chi connectivity index (χ1n) is 5.79. The molecule has 0 spiro atoms. The second-order valence-electron chi connectivity index (χ2n) is 4.61. The van der Waals surface area contributed by atoms with Crippen LogP contribution in [0.3, 0.4) is 0 Å². The highest BCUT2D eigenvalue weighted by atomic mass is 32.1. The van der Waals surface area contributed by atoms with Gasteiger partial charge in [0.05, 0.1) is 17.2 Å². The van der Waals surface area contributed by atoms with Gasteiger partial charge in [-0.1, -0.05) is 12.2 Å². The first-order valence-corrected chi connectivity index (χ1v) is 6.20. The van der Waals surface area contributed by atoms with Crippen LogP contribution in [0.2, 0.25) is 0 Å². The largest absolute Gasteiger partial charge is 0.389 e. The molecule has 1 aliphatic rings. The number of hydrogen-bond donors (Lipinski definition) is 2. The smallest absolute Gasteiger partial charge is 0.222 e. The Morgan fingerprint density at radius 2 is 2.17 bits per heavy atom. The molecule has 0 aromatic carbocycles. The van der Waals surface area contributed by atoms with Gasteiger partial charge in [0.25, 0.3) is 0 Å². The average Bonchev–Trinajstić information content (AvgIpc) is 2.81. The molecule has 1 aromatic rings. The van der Waals surface area contributed by atoms with Crippen molar-refractivity contribution in [1.82, 2.24) is 9.78 Å². The van der Waals surface area contributed by atoms with Crippen LogP contribution in [0, 0.1) is 12.8 Å². The third-order valence-corrected chi connectivity index (χ3v) is 3.53. The predicted molar refractivity (Wildman–Crippen MR) is 73.3 cm³/mol. The van der Waals surface area contributed by atoms with Crippen molar-refractivity contribution in [3.8, 4) is 0 Å². The molecule has 6 nitrogen and oxygen atoms in total. The van der Waals surface area contributed by atoms with Crippen molar-refractivity contribution in [2.75, 3.05) is 18.0 Å². The fourth-order valence-corrected chi connectivity index (χ4v) is 2.72. The zero-order chi connectivity index (χ0) is 13.4. The molecule has 4 N–H and O–H groups in total. The third kappa shape index (κ3) is 2.05. The number of nitrogens with zero attached hydrogens (tertiary/aromatic N) is 3. The molecule has 0 aliphatic carbocycles. The highest BCUT2D eigenvalue weighted by Crippen LogP contribution is 2.28. The summed E-state index contributed by atoms with van der Waals surface area (Å²) in [4.78, 5) is 13.6. The number of primary amides is 1. The normalized spacial score (nSPS) is 19.2. The SMILES string of the molecule is Cc1nn(C)c(N2CCC(C(N)=O)C2)c1C(N)=S. The number of anilines is 1. The zero-order valence-electron chi connectivity index (χ0n) is 10.5. The standard InChI is InChI=1S/C11H17N5OS/c1-6-8(10(13)18)11(15(2)14-6)16-4-3-7(5-16)9(12)17/h7H,3-5H2,1-2H3,(H2,12,17)(H2,13,18). The van der Waals surface area contributed by atoms with Crippen molar-refractivity contribution < 1.29 is 4.79 Å². The summed E-state index contributed by atoms with van der Waals surface area (Å²) in [5.74, 6) is 0.511. The molecule has 98 valence electrons. The van der Waals surface area contributed by atoms with E-state index in [1.807, 2.05) is 14.0 Å². The van der Waals surface area contributed by atoms with E-state index in [0.717, 1.165) is 30.0 Å². The first-order chi connectivity index (χ1) is 8.41. The number of rotatable bonds is 3. The molecule has 18 heavy (non-hydrogen) atoms. The number of nitrogens with two attached hydrogens (primary N) is 2. The molecule has 1 unspecified atom stereocenters. The Morgan fingerprint density at radius 1 is 1.50 bits per heavy atom. The molecular weight excluding hydrogens is 250 g/mol. The summed E-state index contributed by atoms with van der Waals surface area (Å²) in [6.07, 6.45) is 0.760. The minimum Gasteiger partial charge on any atom is -0.389 e. The quantitative estimate of drug-likeness (QED) is 0.732. The van der Waals surface area contributed by atoms with Crippen molar-refractivity contribution in [3.63, 3.8) is 0 Å². The van der Waals surface area contributed by atoms with E-state index in [4.69, 9.17) is 23.7 Å². The van der Waals surface area contributed by atoms with Crippen LogP contribution in [-0.4, -0.2) is 33.8 Å². The number of carbonyl (C=O) groups excluding carboxylic acids is 1. The molecule has 7 heteroatoms. The number of thiocarbonyl (C=S) groups is 1. The van der Waals surface area contributed by atoms with Gasteiger partial charge < -0.3 is 16.4 Å². The zero-order valence-corrected chi connectivity index (χ0v) is 11.3. The Morgan fingerprint density at radius 3 is 2.67 bits per heavy atom. The van der Waals surface area contributed by atoms with E-state index in [9.17, 15) is 4.79 Å². The number of hydrogen-bond acceptors (Lipinski definition) is 4. The van der Waals surface area contributed by atoms with Crippen LogP contribution in [0.5, 0.6) is 0 Å². The van der Waals surface area contributed by atoms with Crippen LogP contribution >= 0.6 is 12.2 Å². The molecule has 0 saturated carbocycles. The van der Waals surface area contributed by atoms with E-state index >= 15 is 0 Å². The highest BCUT2D eigenvalue weighted by molar-refractivity contribution is 7.80. The van der Waals surface area contributed by atoms with Crippen molar-refractivity contribution in [2.24, 2.45) is 24.4 Å². The van der Waals surface area contributed by atoms with Crippen LogP contribution in [0.1, 0.15) is 17.7 Å². The van der Waals surface area contributed by atoms with Gasteiger partial charge in [0.15, 0.2) is 0 Å². The lowest BCUT2D eigenvalue weighted by molar-refractivity contribution is -0.121. The summed E-state index contributed by atoms with van der Waals surface area (Å²) in [7, 11) is 1.85. The number of amides is 1. The number of aromatic nitrogens is 2. The maximum absolute atomic E-state index is 11.2. The third-order valence-electron chi connectivity index (χ3n) is 3.33. The Hall–Kier alpha value is -1.63. The van der Waals surface area contributed by atoms with Gasteiger partial charge in [0.1, 0.15) is 10.8 Å². The Kier molecular flexibility index (Phi) is 3.25. The molecule has 1 amide bonds. The summed E-state index contributed by atoms with van der Waals surface area (Å²) in [5, 5.41) is 4.34. The fraction of sp³-hybridized carbons (Fsp3) is 0.545. The van der Waals surface area contributed by atoms with Gasteiger partial charge in [-0.15, -0.1) is 0 Å². The highest BCUT2D eigenvalue weighted by Gasteiger charge is 2.31. The van der Waals surface area contributed by atoms with E-state index in [1.165, 1.54) is 0 Å². The fourth-order valence-electron chi connectivity index (χ4n) is 2.48. The van der Waals surface area contributed by atoms with E-state index in [2.05, 4.69) is 10.00 Å². The molecule has 2 heterocycles. The molecule has 1 fully saturated rings. The van der Waals surface area contributed by atoms with Crippen LogP contribution < -0.4 is 16.4 Å². The van der Waals surface area contributed by atoms with Crippen LogP contribution in [0.15, 0.2) is 0 Å². The van der Waals surface area contributed by atoms with E-state index in [0.29, 0.717) is 11.5 Å². The van der Waals surface area contributed by atoms with Gasteiger partial charge >= 0.3 is 0 Å². The van der Waals surface area contributed by atoms with Gasteiger partial charge in [-0.25, -0.2) is 0 Å². The van der Waals surface area contributed by atoms with E-state index in [-0.39, 0.29) is 11.8 Å². The molecule has 0 radical (unpaired) electrons. The summed E-state index contributed by atoms with van der Waals surface area (Å²) in [6, 6.07) is 0. The lowest BCUT2D eigenvalue weighted by Gasteiger charge is -2.19. The minimum atomic E-state index is -0.256. The Bertz CT molecular complexity index is 510. The second kappa shape index (κ2) is 4.56.